The van der Waals surface area contributed by atoms with Gasteiger partial charge in [0.2, 0.25) is 0 Å². The normalized spacial score (nSPS) is 13.9. The quantitative estimate of drug-likeness (QED) is 0.314. The molecule has 0 fully saturated rings. The van der Waals surface area contributed by atoms with Crippen molar-refractivity contribution in [1.29, 1.82) is 0 Å². The smallest absolute Gasteiger partial charge is 0.347 e. The molecular formula is C14H21N4O2+. The number of nitrogens with one attached hydrogen (secondary N) is 2. The minimum absolute atomic E-state index is 0.115. The van der Waals surface area contributed by atoms with Gasteiger partial charge in [-0.2, -0.15) is 0 Å². The van der Waals surface area contributed by atoms with Gasteiger partial charge >= 0.3 is 5.96 Å². The van der Waals surface area contributed by atoms with E-state index in [2.05, 4.69) is 15.3 Å². The fourth-order valence-corrected chi connectivity index (χ4v) is 1.47. The van der Waals surface area contributed by atoms with E-state index in [1.807, 2.05) is 6.92 Å². The molecule has 20 heavy (non-hydrogen) atoms. The fourth-order valence-electron chi connectivity index (χ4n) is 1.47. The van der Waals surface area contributed by atoms with Crippen LogP contribution in [0.4, 0.5) is 0 Å². The number of aliphatic imine (C=N–C) groups is 1. The number of aldehydes is 1. The van der Waals surface area contributed by atoms with Crippen molar-refractivity contribution in [1.82, 2.24) is 5.32 Å². The van der Waals surface area contributed by atoms with Gasteiger partial charge < -0.3 is 9.90 Å². The number of hydrogen-bond donors (Lipinski definition) is 4. The van der Waals surface area contributed by atoms with E-state index in [9.17, 15) is 9.90 Å². The highest BCUT2D eigenvalue weighted by Gasteiger charge is 2.10. The molecule has 1 aromatic rings. The van der Waals surface area contributed by atoms with Crippen LogP contribution in [0.25, 0.3) is 0 Å². The number of rotatable bonds is 5. The molecule has 1 rings (SSSR count). The molecule has 0 amide bonds. The van der Waals surface area contributed by atoms with E-state index in [0.29, 0.717) is 24.9 Å². The second-order valence-electron chi connectivity index (χ2n) is 4.40. The summed E-state index contributed by atoms with van der Waals surface area (Å²) in [6, 6.07) is 6.66. The van der Waals surface area contributed by atoms with Crippen LogP contribution in [-0.4, -0.2) is 36.3 Å². The number of phenolic OH excluding ortho intramolecular Hbond substituents is 1. The lowest BCUT2D eigenvalue weighted by molar-refractivity contribution is -0.465. The van der Waals surface area contributed by atoms with Gasteiger partial charge in [0, 0.05) is 18.0 Å². The summed E-state index contributed by atoms with van der Waals surface area (Å²) in [4.78, 5) is 17.8. The summed E-state index contributed by atoms with van der Waals surface area (Å²) in [6.07, 6.45) is 0.862. The Hall–Kier alpha value is -2.37. The van der Waals surface area contributed by atoms with Crippen LogP contribution in [0.1, 0.15) is 19.4 Å². The Morgan fingerprint density at radius 3 is 2.70 bits per heavy atom. The van der Waals surface area contributed by atoms with Crippen molar-refractivity contribution < 1.29 is 14.9 Å². The van der Waals surface area contributed by atoms with E-state index in [-0.39, 0.29) is 11.7 Å². The molecule has 0 bridgehead atoms. The molecule has 1 aromatic carbocycles. The third kappa shape index (κ3) is 5.09. The molecule has 6 nitrogen and oxygen atoms in total. The monoisotopic (exact) mass is 277 g/mol. The first-order valence-electron chi connectivity index (χ1n) is 6.49. The number of aromatic hydroxyl groups is 1. The van der Waals surface area contributed by atoms with Crippen LogP contribution in [0.2, 0.25) is 0 Å². The van der Waals surface area contributed by atoms with Crippen LogP contribution in [-0.2, 0) is 4.79 Å². The molecule has 6 heteroatoms. The molecule has 0 aliphatic heterocycles. The van der Waals surface area contributed by atoms with Crippen molar-refractivity contribution in [3.63, 3.8) is 0 Å². The number of amidine groups is 1. The van der Waals surface area contributed by atoms with Gasteiger partial charge in [-0.05, 0) is 31.2 Å². The third-order valence-electron chi connectivity index (χ3n) is 2.56. The minimum Gasteiger partial charge on any atom is -0.508 e. The Labute approximate surface area is 118 Å². The molecule has 0 saturated heterocycles. The molecule has 0 heterocycles. The number of phenols is 1. The number of nitrogens with two attached hydrogens (primary N) is 1. The first-order chi connectivity index (χ1) is 9.56. The SMILES string of the molecule is CCN=C(NC(N)=[NH+]C[C@H](C)C=O)c1ccc(O)cc1. The van der Waals surface area contributed by atoms with E-state index in [1.165, 1.54) is 0 Å². The van der Waals surface area contributed by atoms with Gasteiger partial charge in [-0.25, -0.2) is 5.32 Å². The molecule has 0 aliphatic rings. The molecule has 108 valence electrons. The van der Waals surface area contributed by atoms with Gasteiger partial charge in [-0.1, -0.05) is 6.92 Å². The molecular weight excluding hydrogens is 256 g/mol. The van der Waals surface area contributed by atoms with Gasteiger partial charge in [-0.15, -0.1) is 0 Å². The van der Waals surface area contributed by atoms with Gasteiger partial charge in [0.1, 0.15) is 12.0 Å². The van der Waals surface area contributed by atoms with Crippen LogP contribution in [0.5, 0.6) is 5.75 Å². The minimum atomic E-state index is -0.115. The second-order valence-corrected chi connectivity index (χ2v) is 4.40. The van der Waals surface area contributed by atoms with Crippen LogP contribution in [0.15, 0.2) is 29.3 Å². The summed E-state index contributed by atoms with van der Waals surface area (Å²) >= 11 is 0. The lowest BCUT2D eigenvalue weighted by atomic mass is 10.2. The summed E-state index contributed by atoms with van der Waals surface area (Å²) in [5.41, 5.74) is 6.64. The van der Waals surface area contributed by atoms with Crippen LogP contribution >= 0.6 is 0 Å². The summed E-state index contributed by atoms with van der Waals surface area (Å²) in [7, 11) is 0. The van der Waals surface area contributed by atoms with Gasteiger partial charge in [0.05, 0.1) is 6.54 Å². The number of benzene rings is 1. The standard InChI is InChI=1S/C14H20N4O2/c1-3-16-13(11-4-6-12(20)7-5-11)18-14(15)17-8-10(2)9-19/h4-7,9-10,20H,3,8H2,1-2H3,(H3,15,16,17,18)/p+1/t10-/m0/s1. The Bertz CT molecular complexity index is 494. The van der Waals surface area contributed by atoms with E-state index < -0.39 is 0 Å². The predicted molar refractivity (Wildman–Crippen MR) is 78.6 cm³/mol. The zero-order chi connectivity index (χ0) is 15.0. The van der Waals surface area contributed by atoms with E-state index in [4.69, 9.17) is 5.73 Å². The van der Waals surface area contributed by atoms with Crippen molar-refractivity contribution in [2.75, 3.05) is 13.1 Å². The lowest BCUT2D eigenvalue weighted by Crippen LogP contribution is -2.80. The first kappa shape index (κ1) is 15.7. The predicted octanol–water partition coefficient (Wildman–Crippen LogP) is -1.02. The summed E-state index contributed by atoms with van der Waals surface area (Å²) in [5, 5.41) is 12.3. The molecule has 5 N–H and O–H groups in total. The number of guanidine groups is 1. The van der Waals surface area contributed by atoms with Crippen LogP contribution in [0.3, 0.4) is 0 Å². The number of hydrogen-bond acceptors (Lipinski definition) is 3. The van der Waals surface area contributed by atoms with E-state index in [1.54, 1.807) is 31.2 Å². The molecule has 0 spiro atoms. The highest BCUT2D eigenvalue weighted by atomic mass is 16.3. The van der Waals surface area contributed by atoms with Crippen molar-refractivity contribution in [2.24, 2.45) is 16.6 Å². The molecule has 0 unspecified atom stereocenters. The third-order valence-corrected chi connectivity index (χ3v) is 2.56. The Balaban J connectivity index is 2.80. The highest BCUT2D eigenvalue weighted by Crippen LogP contribution is 2.09. The zero-order valence-electron chi connectivity index (χ0n) is 11.8. The van der Waals surface area contributed by atoms with Crippen molar-refractivity contribution >= 4 is 18.1 Å². The van der Waals surface area contributed by atoms with E-state index >= 15 is 0 Å². The Kier molecular flexibility index (Phi) is 6.22. The Morgan fingerprint density at radius 2 is 2.15 bits per heavy atom. The van der Waals surface area contributed by atoms with Gasteiger partial charge in [0.25, 0.3) is 0 Å². The first-order valence-corrected chi connectivity index (χ1v) is 6.49. The fraction of sp³-hybridized carbons (Fsp3) is 0.357. The van der Waals surface area contributed by atoms with Crippen molar-refractivity contribution in [3.05, 3.63) is 29.8 Å². The number of carbonyl (C=O) groups is 1. The second kappa shape index (κ2) is 7.93. The maximum Gasteiger partial charge on any atom is 0.347 e. The lowest BCUT2D eigenvalue weighted by Gasteiger charge is -2.05. The highest BCUT2D eigenvalue weighted by molar-refractivity contribution is 6.07. The van der Waals surface area contributed by atoms with Crippen molar-refractivity contribution in [2.45, 2.75) is 13.8 Å². The summed E-state index contributed by atoms with van der Waals surface area (Å²) in [6.45, 7) is 4.77. The molecule has 0 aliphatic carbocycles. The average Bonchev–Trinajstić information content (AvgIpc) is 2.45. The topological polar surface area (TPSA) is 102 Å². The molecule has 0 radical (unpaired) electrons. The largest absolute Gasteiger partial charge is 0.508 e. The van der Waals surface area contributed by atoms with Gasteiger partial charge in [0.15, 0.2) is 5.84 Å². The van der Waals surface area contributed by atoms with E-state index in [0.717, 1.165) is 11.8 Å². The van der Waals surface area contributed by atoms with Crippen LogP contribution < -0.4 is 16.0 Å². The maximum absolute atomic E-state index is 10.5. The maximum atomic E-state index is 10.5. The summed E-state index contributed by atoms with van der Waals surface area (Å²) < 4.78 is 0. The molecule has 0 saturated carbocycles. The average molecular weight is 277 g/mol. The number of nitrogens with zero attached hydrogens (tertiary/aromatic N) is 1. The van der Waals surface area contributed by atoms with Crippen LogP contribution in [0, 0.1) is 5.92 Å². The number of carbonyl (C=O) groups excluding carboxylic acids is 1. The Morgan fingerprint density at radius 1 is 1.50 bits per heavy atom. The summed E-state index contributed by atoms with van der Waals surface area (Å²) in [5.74, 6) is 1.02. The zero-order valence-corrected chi connectivity index (χ0v) is 11.8. The van der Waals surface area contributed by atoms with Gasteiger partial charge in [-0.3, -0.25) is 15.7 Å². The van der Waals surface area contributed by atoms with Crippen molar-refractivity contribution in [3.8, 4) is 5.75 Å². The molecule has 0 aromatic heterocycles. The molecule has 1 atom stereocenters.